The van der Waals surface area contributed by atoms with E-state index >= 15 is 0 Å². The van der Waals surface area contributed by atoms with Crippen LogP contribution in [0.25, 0.3) is 0 Å². The topological polar surface area (TPSA) is 362 Å². The van der Waals surface area contributed by atoms with Crippen molar-refractivity contribution in [1.29, 1.82) is 0 Å². The summed E-state index contributed by atoms with van der Waals surface area (Å²) < 4.78 is 2.68. The molecule has 18 nitrogen and oxygen atoms in total. The monoisotopic (exact) mass is 742 g/mol. The molecule has 0 spiro atoms. The van der Waals surface area contributed by atoms with Crippen LogP contribution in [0.5, 0.6) is 0 Å². The van der Waals surface area contributed by atoms with E-state index in [0.29, 0.717) is 0 Å². The molecule has 6 N–H and O–H groups in total. The van der Waals surface area contributed by atoms with Crippen molar-refractivity contribution < 1.29 is 90.0 Å². The average molecular weight is 740 g/mol. The van der Waals surface area contributed by atoms with E-state index in [0.717, 1.165) is 0 Å². The Morgan fingerprint density at radius 3 is 0.528 bits per heavy atom. The van der Waals surface area contributed by atoms with Crippen molar-refractivity contribution in [1.82, 2.24) is 0 Å². The Kier molecular flexibility index (Phi) is 32.2. The minimum atomic E-state index is -2.44. The van der Waals surface area contributed by atoms with Gasteiger partial charge in [-0.3, -0.25) is 0 Å². The van der Waals surface area contributed by atoms with Crippen LogP contribution >= 0.6 is 0 Å². The summed E-state index contributed by atoms with van der Waals surface area (Å²) in [5.41, 5.74) is 0. The van der Waals surface area contributed by atoms with Crippen LogP contribution < -0.4 is 30.6 Å². The van der Waals surface area contributed by atoms with Gasteiger partial charge in [-0.05, 0) is 0 Å². The molecule has 202 valence electrons. The van der Waals surface area contributed by atoms with E-state index in [1.807, 2.05) is 0 Å². The van der Waals surface area contributed by atoms with Gasteiger partial charge in [0.25, 0.3) is 0 Å². The zero-order valence-electron chi connectivity index (χ0n) is 18.5. The first kappa shape index (κ1) is 44.2. The molecule has 0 aromatic rings. The molecule has 0 aliphatic carbocycles. The number of aliphatic carboxylic acids is 6. The molecule has 0 saturated carbocycles. The number of carboxylic acids is 6. The normalized spacial score (nSPS) is 14.2. The minimum Gasteiger partial charge on any atom is -0.547 e. The van der Waals surface area contributed by atoms with Crippen LogP contribution in [0.15, 0.2) is 0 Å². The van der Waals surface area contributed by atoms with Crippen molar-refractivity contribution in [2.24, 2.45) is 0 Å². The Hall–Kier alpha value is -1.82. The second-order valence-corrected chi connectivity index (χ2v) is 9.33. The second kappa shape index (κ2) is 26.2. The second-order valence-electron chi connectivity index (χ2n) is 5.29. The summed E-state index contributed by atoms with van der Waals surface area (Å²) in [6.45, 7) is 4.33. The maximum absolute atomic E-state index is 9.63. The minimum absolute atomic E-state index is 1.34. The average Bonchev–Trinajstić information content (AvgIpc) is 2.77. The number of hydrogen-bond acceptors (Lipinski definition) is 18. The third kappa shape index (κ3) is 26.8. The maximum atomic E-state index is 9.63. The SMILES string of the molecule is C[CH2][Sn+3].C[CH2][Sn+3].O=C([O-])C(O)C(O)C(=O)[O-].O=C([O-])C(O)C(O)C(=O)[O-].O=C([O-])C(O)C(O)C(=O)[O-]. The summed E-state index contributed by atoms with van der Waals surface area (Å²) in [5.74, 6) is -12.4. The summed E-state index contributed by atoms with van der Waals surface area (Å²) in [7, 11) is 0. The molecule has 36 heavy (non-hydrogen) atoms. The fourth-order valence-corrected chi connectivity index (χ4v) is 0.773. The Bertz CT molecular complexity index is 530. The molecule has 0 aromatic heterocycles. The summed E-state index contributed by atoms with van der Waals surface area (Å²) >= 11 is 3.27. The standard InChI is InChI=1S/3C4H6O6.2C2H5.2Sn/c3*5-1(3(7)8)2(6)4(9)10;2*1-2;;/h3*1-2,5-6H,(H,7,8)(H,9,10);2*1H2,2H3;;/q;;;;;2*+3/p-6. The first-order chi connectivity index (χ1) is 16.2. The quantitative estimate of drug-likeness (QED) is 0.120. The van der Waals surface area contributed by atoms with Crippen molar-refractivity contribution in [2.75, 3.05) is 0 Å². The van der Waals surface area contributed by atoms with Crippen molar-refractivity contribution in [3.05, 3.63) is 0 Å². The molecule has 6 unspecified atom stereocenters. The number of aliphatic hydroxyl groups excluding tert-OH is 6. The van der Waals surface area contributed by atoms with E-state index < -0.39 is 72.4 Å². The summed E-state index contributed by atoms with van der Waals surface area (Å²) in [6.07, 6.45) is -14.6. The molecule has 0 bridgehead atoms. The van der Waals surface area contributed by atoms with Crippen molar-refractivity contribution in [2.45, 2.75) is 59.3 Å². The molecule has 0 fully saturated rings. The van der Waals surface area contributed by atoms with Gasteiger partial charge in [-0.25, -0.2) is 0 Å². The Morgan fingerprint density at radius 1 is 0.444 bits per heavy atom. The van der Waals surface area contributed by atoms with Crippen LogP contribution in [-0.2, 0) is 28.8 Å². The van der Waals surface area contributed by atoms with Gasteiger partial charge in [-0.1, -0.05) is 0 Å². The van der Waals surface area contributed by atoms with Crippen molar-refractivity contribution in [3.63, 3.8) is 0 Å². The predicted octanol–water partition coefficient (Wildman–Crippen LogP) is -13.2. The number of hydrogen-bond donors (Lipinski definition) is 6. The van der Waals surface area contributed by atoms with Crippen LogP contribution in [0.4, 0.5) is 0 Å². The number of carboxylic acid groups (broad SMARTS) is 6. The Balaban J connectivity index is -0.000000120. The zero-order valence-corrected chi connectivity index (χ0v) is 24.2. The fourth-order valence-electron chi connectivity index (χ4n) is 0.773. The van der Waals surface area contributed by atoms with Gasteiger partial charge in [0.05, 0.1) is 35.8 Å². The van der Waals surface area contributed by atoms with E-state index in [2.05, 4.69) is 13.8 Å². The molecule has 0 radical (unpaired) electrons. The van der Waals surface area contributed by atoms with Crippen LogP contribution in [0.3, 0.4) is 0 Å². The van der Waals surface area contributed by atoms with E-state index in [9.17, 15) is 59.4 Å². The summed E-state index contributed by atoms with van der Waals surface area (Å²) in [5, 5.41) is 107. The fraction of sp³-hybridized carbons (Fsp3) is 0.625. The maximum Gasteiger partial charge on any atom is 0.124 e. The van der Waals surface area contributed by atoms with Gasteiger partial charge in [0.15, 0.2) is 0 Å². The number of carbonyl (C=O) groups is 6. The largest absolute Gasteiger partial charge is 0.547 e. The zero-order chi connectivity index (χ0) is 30.3. The number of rotatable bonds is 9. The van der Waals surface area contributed by atoms with Crippen molar-refractivity contribution in [3.8, 4) is 0 Å². The van der Waals surface area contributed by atoms with Gasteiger partial charge in [0.2, 0.25) is 0 Å². The van der Waals surface area contributed by atoms with Gasteiger partial charge < -0.3 is 90.0 Å². The van der Waals surface area contributed by atoms with Gasteiger partial charge in [0.1, 0.15) is 36.6 Å². The van der Waals surface area contributed by atoms with E-state index in [1.54, 1.807) is 45.0 Å². The molecule has 0 saturated heterocycles. The van der Waals surface area contributed by atoms with E-state index in [4.69, 9.17) is 30.6 Å². The van der Waals surface area contributed by atoms with Crippen LogP contribution in [0.2, 0.25) is 8.87 Å². The molecule has 0 heterocycles. The third-order valence-electron chi connectivity index (χ3n) is 2.35. The molecule has 0 aliphatic heterocycles. The predicted molar refractivity (Wildman–Crippen MR) is 98.6 cm³/mol. The molecule has 20 heteroatoms. The molecule has 6 atom stereocenters. The van der Waals surface area contributed by atoms with Crippen LogP contribution in [0, 0.1) is 0 Å². The van der Waals surface area contributed by atoms with Gasteiger partial charge in [-0.2, -0.15) is 0 Å². The molecule has 0 aliphatic rings. The van der Waals surface area contributed by atoms with Crippen LogP contribution in [0.1, 0.15) is 13.8 Å². The summed E-state index contributed by atoms with van der Waals surface area (Å²) in [4.78, 5) is 57.8. The van der Waals surface area contributed by atoms with Crippen LogP contribution in [-0.4, -0.2) is 148 Å². The van der Waals surface area contributed by atoms with Gasteiger partial charge in [0, 0.05) is 0 Å². The van der Waals surface area contributed by atoms with Crippen molar-refractivity contribution >= 4 is 80.9 Å². The first-order valence-corrected chi connectivity index (χ1v) is 12.9. The number of carbonyl (C=O) groups excluding carboxylic acids is 6. The van der Waals surface area contributed by atoms with Gasteiger partial charge >= 0.3 is 67.8 Å². The summed E-state index contributed by atoms with van der Waals surface area (Å²) in [6, 6.07) is 0. The molecule has 0 amide bonds. The smallest absolute Gasteiger partial charge is 0.124 e. The molecular weight excluding hydrogens is 718 g/mol. The van der Waals surface area contributed by atoms with Gasteiger partial charge in [-0.15, -0.1) is 0 Å². The Morgan fingerprint density at radius 2 is 0.500 bits per heavy atom. The first-order valence-electron chi connectivity index (χ1n) is 8.85. The Labute approximate surface area is 229 Å². The molecule has 0 rings (SSSR count). The van der Waals surface area contributed by atoms with E-state index in [1.165, 1.54) is 8.87 Å². The third-order valence-corrected chi connectivity index (χ3v) is 2.35. The molecular formula is C16H22O18Sn2. The van der Waals surface area contributed by atoms with E-state index in [-0.39, 0.29) is 0 Å². The number of aliphatic hydroxyl groups is 6. The molecule has 0 aromatic carbocycles.